The predicted molar refractivity (Wildman–Crippen MR) is 63.3 cm³/mol. The van der Waals surface area contributed by atoms with E-state index in [2.05, 4.69) is 5.32 Å². The molecule has 1 atom stereocenters. The molecule has 0 aliphatic carbocycles. The van der Waals surface area contributed by atoms with Gasteiger partial charge in [0.05, 0.1) is 15.7 Å². The summed E-state index contributed by atoms with van der Waals surface area (Å²) in [5, 5.41) is 3.00. The highest BCUT2D eigenvalue weighted by molar-refractivity contribution is 6.42. The van der Waals surface area contributed by atoms with Crippen LogP contribution in [0.25, 0.3) is 0 Å². The van der Waals surface area contributed by atoms with Crippen molar-refractivity contribution >= 4 is 40.8 Å². The van der Waals surface area contributed by atoms with Crippen molar-refractivity contribution in [2.45, 2.75) is 6.23 Å². The van der Waals surface area contributed by atoms with Gasteiger partial charge in [-0.2, -0.15) is 0 Å². The molecule has 1 fully saturated rings. The summed E-state index contributed by atoms with van der Waals surface area (Å²) in [6, 6.07) is 3.93. The van der Waals surface area contributed by atoms with Crippen molar-refractivity contribution in [3.63, 3.8) is 0 Å². The topological polar surface area (TPSA) is 58.6 Å². The molecule has 17 heavy (non-hydrogen) atoms. The van der Waals surface area contributed by atoms with Gasteiger partial charge in [0.25, 0.3) is 5.91 Å². The lowest BCUT2D eigenvalue weighted by atomic mass is 10.3. The number of hydrogen-bond donors (Lipinski definition) is 1. The monoisotopic (exact) mass is 274 g/mol. The van der Waals surface area contributed by atoms with Crippen molar-refractivity contribution in [2.24, 2.45) is 0 Å². The number of halogens is 2. The highest BCUT2D eigenvalue weighted by Crippen LogP contribution is 2.28. The third kappa shape index (κ3) is 2.09. The van der Waals surface area contributed by atoms with Crippen molar-refractivity contribution in [2.75, 3.05) is 12.0 Å². The van der Waals surface area contributed by atoms with E-state index >= 15 is 0 Å². The number of anilines is 1. The second-order valence-electron chi connectivity index (χ2n) is 3.34. The van der Waals surface area contributed by atoms with Crippen LogP contribution in [0.2, 0.25) is 10.0 Å². The first-order valence-corrected chi connectivity index (χ1v) is 5.42. The van der Waals surface area contributed by atoms with Gasteiger partial charge in [0.15, 0.2) is 0 Å². The van der Waals surface area contributed by atoms with Crippen molar-refractivity contribution in [1.29, 1.82) is 0 Å². The molecule has 1 aromatic carbocycles. The number of nitrogens with one attached hydrogen (secondary N) is 1. The maximum atomic E-state index is 11.8. The molecule has 7 heteroatoms. The first-order chi connectivity index (χ1) is 8.04. The molecule has 1 aliphatic heterocycles. The lowest BCUT2D eigenvalue weighted by molar-refractivity contribution is -0.126. The van der Waals surface area contributed by atoms with E-state index in [4.69, 9.17) is 27.9 Å². The van der Waals surface area contributed by atoms with Crippen LogP contribution < -0.4 is 10.2 Å². The number of amides is 3. The Morgan fingerprint density at radius 1 is 1.29 bits per heavy atom. The number of carbonyl (C=O) groups excluding carboxylic acids is 2. The summed E-state index contributed by atoms with van der Waals surface area (Å²) in [5.74, 6) is -0.490. The average Bonchev–Trinajstić information content (AvgIpc) is 2.58. The number of rotatable bonds is 2. The van der Waals surface area contributed by atoms with Crippen LogP contribution in [0, 0.1) is 0 Å². The molecule has 1 heterocycles. The predicted octanol–water partition coefficient (Wildman–Crippen LogP) is 2.02. The quantitative estimate of drug-likeness (QED) is 0.840. The van der Waals surface area contributed by atoms with Gasteiger partial charge in [0.2, 0.25) is 6.23 Å². The van der Waals surface area contributed by atoms with Gasteiger partial charge in [-0.25, -0.2) is 9.69 Å². The van der Waals surface area contributed by atoms with Gasteiger partial charge in [0, 0.05) is 7.11 Å². The Morgan fingerprint density at radius 3 is 2.53 bits per heavy atom. The van der Waals surface area contributed by atoms with E-state index in [1.807, 2.05) is 0 Å². The maximum Gasteiger partial charge on any atom is 0.331 e. The van der Waals surface area contributed by atoms with Crippen molar-refractivity contribution in [3.05, 3.63) is 28.2 Å². The minimum Gasteiger partial charge on any atom is -0.353 e. The summed E-state index contributed by atoms with van der Waals surface area (Å²) < 4.78 is 4.82. The van der Waals surface area contributed by atoms with E-state index < -0.39 is 18.2 Å². The Kier molecular flexibility index (Phi) is 3.24. The number of nitrogens with zero attached hydrogens (tertiary/aromatic N) is 1. The van der Waals surface area contributed by atoms with Gasteiger partial charge in [-0.3, -0.25) is 4.79 Å². The zero-order valence-electron chi connectivity index (χ0n) is 8.74. The Bertz CT molecular complexity index is 492. The fraction of sp³-hybridized carbons (Fsp3) is 0.200. The SMILES string of the molecule is COC1NC(=O)N(c2ccc(Cl)c(Cl)c2)C1=O. The molecule has 90 valence electrons. The van der Waals surface area contributed by atoms with Gasteiger partial charge in [0.1, 0.15) is 0 Å². The molecule has 1 aromatic rings. The van der Waals surface area contributed by atoms with Crippen LogP contribution in [0.15, 0.2) is 18.2 Å². The van der Waals surface area contributed by atoms with Gasteiger partial charge in [-0.05, 0) is 18.2 Å². The second-order valence-corrected chi connectivity index (χ2v) is 4.15. The lowest BCUT2D eigenvalue weighted by Crippen LogP contribution is -2.32. The molecule has 1 saturated heterocycles. The number of benzene rings is 1. The number of imide groups is 1. The van der Waals surface area contributed by atoms with Gasteiger partial charge < -0.3 is 10.1 Å². The molecule has 5 nitrogen and oxygen atoms in total. The van der Waals surface area contributed by atoms with Crippen molar-refractivity contribution in [3.8, 4) is 0 Å². The fourth-order valence-electron chi connectivity index (χ4n) is 1.48. The van der Waals surface area contributed by atoms with E-state index in [1.165, 1.54) is 25.3 Å². The summed E-state index contributed by atoms with van der Waals surface area (Å²) in [5.41, 5.74) is 0.349. The number of urea groups is 1. The largest absolute Gasteiger partial charge is 0.353 e. The minimum absolute atomic E-state index is 0.269. The molecule has 0 bridgehead atoms. The summed E-state index contributed by atoms with van der Waals surface area (Å²) in [7, 11) is 1.33. The number of methoxy groups -OCH3 is 1. The van der Waals surface area contributed by atoms with E-state index in [0.717, 1.165) is 4.90 Å². The third-order valence-electron chi connectivity index (χ3n) is 2.30. The Labute approximate surface area is 107 Å². The van der Waals surface area contributed by atoms with Crippen LogP contribution in [0.3, 0.4) is 0 Å². The van der Waals surface area contributed by atoms with Crippen molar-refractivity contribution < 1.29 is 14.3 Å². The first-order valence-electron chi connectivity index (χ1n) is 4.67. The highest BCUT2D eigenvalue weighted by Gasteiger charge is 2.39. The average molecular weight is 275 g/mol. The minimum atomic E-state index is -0.961. The highest BCUT2D eigenvalue weighted by atomic mass is 35.5. The standard InChI is InChI=1S/C10H8Cl2N2O3/c1-17-8-9(15)14(10(16)13-8)5-2-3-6(11)7(12)4-5/h2-4,8H,1H3,(H,13,16). The molecule has 3 amide bonds. The van der Waals surface area contributed by atoms with E-state index in [9.17, 15) is 9.59 Å². The maximum absolute atomic E-state index is 11.8. The fourth-order valence-corrected chi connectivity index (χ4v) is 1.78. The molecule has 2 rings (SSSR count). The van der Waals surface area contributed by atoms with Crippen LogP contribution >= 0.6 is 23.2 Å². The Balaban J connectivity index is 2.36. The smallest absolute Gasteiger partial charge is 0.331 e. The van der Waals surface area contributed by atoms with Crippen LogP contribution in [-0.4, -0.2) is 25.3 Å². The zero-order chi connectivity index (χ0) is 12.6. The third-order valence-corrected chi connectivity index (χ3v) is 3.04. The van der Waals surface area contributed by atoms with Gasteiger partial charge >= 0.3 is 6.03 Å². The van der Waals surface area contributed by atoms with Crippen LogP contribution in [-0.2, 0) is 9.53 Å². The molecule has 0 saturated carbocycles. The van der Waals surface area contributed by atoms with Crippen LogP contribution in [0.5, 0.6) is 0 Å². The van der Waals surface area contributed by atoms with Crippen molar-refractivity contribution in [1.82, 2.24) is 5.32 Å². The first kappa shape index (κ1) is 12.2. The summed E-state index contributed by atoms with van der Waals surface area (Å²) in [4.78, 5) is 24.3. The zero-order valence-corrected chi connectivity index (χ0v) is 10.2. The van der Waals surface area contributed by atoms with Crippen LogP contribution in [0.4, 0.5) is 10.5 Å². The Hall–Kier alpha value is -1.30. The van der Waals surface area contributed by atoms with E-state index in [-0.39, 0.29) is 5.02 Å². The molecular formula is C10H8Cl2N2O3. The molecule has 0 radical (unpaired) electrons. The summed E-state index contributed by atoms with van der Waals surface area (Å²) in [6.45, 7) is 0. The molecular weight excluding hydrogens is 267 g/mol. The molecule has 1 aliphatic rings. The van der Waals surface area contributed by atoms with E-state index in [1.54, 1.807) is 0 Å². The number of ether oxygens (including phenoxy) is 1. The molecule has 0 aromatic heterocycles. The summed E-state index contributed by atoms with van der Waals surface area (Å²) in [6.07, 6.45) is -0.961. The Morgan fingerprint density at radius 2 is 2.00 bits per heavy atom. The summed E-state index contributed by atoms with van der Waals surface area (Å²) >= 11 is 11.6. The second kappa shape index (κ2) is 4.52. The lowest BCUT2D eigenvalue weighted by Gasteiger charge is -2.13. The number of hydrogen-bond acceptors (Lipinski definition) is 3. The molecule has 0 spiro atoms. The van der Waals surface area contributed by atoms with Gasteiger partial charge in [-0.15, -0.1) is 0 Å². The van der Waals surface area contributed by atoms with Crippen LogP contribution in [0.1, 0.15) is 0 Å². The van der Waals surface area contributed by atoms with E-state index in [0.29, 0.717) is 10.7 Å². The number of carbonyl (C=O) groups is 2. The normalized spacial score (nSPS) is 19.7. The molecule has 1 unspecified atom stereocenters. The van der Waals surface area contributed by atoms with Gasteiger partial charge in [-0.1, -0.05) is 23.2 Å². The molecule has 1 N–H and O–H groups in total.